The molecular formula is C18H25NO3. The number of ether oxygens (including phenoxy) is 2. The van der Waals surface area contributed by atoms with Crippen LogP contribution >= 0.6 is 0 Å². The Morgan fingerprint density at radius 3 is 2.36 bits per heavy atom. The highest BCUT2D eigenvalue weighted by Crippen LogP contribution is 2.28. The van der Waals surface area contributed by atoms with Gasteiger partial charge in [-0.2, -0.15) is 0 Å². The fourth-order valence-corrected chi connectivity index (χ4v) is 3.49. The maximum absolute atomic E-state index is 11.9. The molecule has 0 N–H and O–H groups in total. The third-order valence-corrected chi connectivity index (χ3v) is 4.76. The summed E-state index contributed by atoms with van der Waals surface area (Å²) in [6.07, 6.45) is 3.05. The molecule has 4 nitrogen and oxygen atoms in total. The molecule has 2 aliphatic heterocycles. The van der Waals surface area contributed by atoms with Crippen LogP contribution in [0, 0.1) is 13.8 Å². The Labute approximate surface area is 132 Å². The number of benzene rings is 1. The molecule has 1 aromatic carbocycles. The van der Waals surface area contributed by atoms with Crippen LogP contribution < -0.4 is 4.74 Å². The summed E-state index contributed by atoms with van der Waals surface area (Å²) in [5.74, 6) is 0.969. The van der Waals surface area contributed by atoms with Crippen molar-refractivity contribution >= 4 is 5.97 Å². The van der Waals surface area contributed by atoms with Crippen LogP contribution in [-0.2, 0) is 9.53 Å². The van der Waals surface area contributed by atoms with Gasteiger partial charge in [0.1, 0.15) is 24.0 Å². The predicted octanol–water partition coefficient (Wildman–Crippen LogP) is 2.85. The second-order valence-electron chi connectivity index (χ2n) is 6.57. The van der Waals surface area contributed by atoms with Crippen molar-refractivity contribution in [2.75, 3.05) is 13.1 Å². The van der Waals surface area contributed by atoms with Gasteiger partial charge in [-0.15, -0.1) is 0 Å². The van der Waals surface area contributed by atoms with Crippen molar-refractivity contribution in [2.45, 2.75) is 58.3 Å². The van der Waals surface area contributed by atoms with Crippen LogP contribution in [0.1, 0.15) is 37.3 Å². The maximum Gasteiger partial charge on any atom is 0.323 e. The molecule has 2 aliphatic rings. The highest BCUT2D eigenvalue weighted by Gasteiger charge is 2.38. The third kappa shape index (κ3) is 3.12. The monoisotopic (exact) mass is 303 g/mol. The minimum absolute atomic E-state index is 0.0452. The van der Waals surface area contributed by atoms with Crippen molar-refractivity contribution in [3.05, 3.63) is 29.3 Å². The summed E-state index contributed by atoms with van der Waals surface area (Å²) in [5.41, 5.74) is 2.38. The van der Waals surface area contributed by atoms with Crippen molar-refractivity contribution in [1.29, 1.82) is 0 Å². The lowest BCUT2D eigenvalue weighted by Crippen LogP contribution is -2.46. The summed E-state index contributed by atoms with van der Waals surface area (Å²) in [6, 6.07) is 6.20. The Bertz CT molecular complexity index is 529. The van der Waals surface area contributed by atoms with Gasteiger partial charge in [-0.25, -0.2) is 0 Å². The number of cyclic esters (lactones) is 1. The fraction of sp³-hybridized carbons (Fsp3) is 0.611. The number of rotatable bonds is 3. The van der Waals surface area contributed by atoms with E-state index in [9.17, 15) is 4.79 Å². The summed E-state index contributed by atoms with van der Waals surface area (Å²) in [5, 5.41) is 0. The smallest absolute Gasteiger partial charge is 0.323 e. The normalized spacial score (nSPS) is 27.0. The van der Waals surface area contributed by atoms with Gasteiger partial charge in [-0.05, 0) is 44.7 Å². The average Bonchev–Trinajstić information content (AvgIpc) is 2.83. The first-order chi connectivity index (χ1) is 10.5. The zero-order valence-electron chi connectivity index (χ0n) is 13.7. The molecule has 0 bridgehead atoms. The van der Waals surface area contributed by atoms with Crippen molar-refractivity contribution in [2.24, 2.45) is 0 Å². The summed E-state index contributed by atoms with van der Waals surface area (Å²) in [4.78, 5) is 14.1. The lowest BCUT2D eigenvalue weighted by molar-refractivity contribution is -0.145. The first-order valence-electron chi connectivity index (χ1n) is 8.22. The van der Waals surface area contributed by atoms with E-state index in [1.807, 2.05) is 6.92 Å². The molecule has 0 radical (unpaired) electrons. The number of nitrogens with zero attached hydrogens (tertiary/aromatic N) is 1. The third-order valence-electron chi connectivity index (χ3n) is 4.76. The summed E-state index contributed by atoms with van der Waals surface area (Å²) < 4.78 is 11.5. The van der Waals surface area contributed by atoms with Crippen molar-refractivity contribution < 1.29 is 14.3 Å². The number of hydrogen-bond donors (Lipinski definition) is 0. The van der Waals surface area contributed by atoms with E-state index in [1.54, 1.807) is 0 Å². The van der Waals surface area contributed by atoms with Crippen molar-refractivity contribution in [3.8, 4) is 5.75 Å². The molecule has 1 aromatic rings. The van der Waals surface area contributed by atoms with E-state index in [0.29, 0.717) is 0 Å². The van der Waals surface area contributed by atoms with E-state index < -0.39 is 0 Å². The molecule has 120 valence electrons. The van der Waals surface area contributed by atoms with E-state index in [1.165, 1.54) is 11.1 Å². The van der Waals surface area contributed by atoms with Crippen LogP contribution in [0.3, 0.4) is 0 Å². The molecule has 0 aliphatic carbocycles. The standard InChI is InChI=1S/C18H25NO3/c1-12-5-4-6-13(2)17(12)22-15-7-9-19(10-8-15)16-11-14(3)21-18(16)20/h4-6,14-16H,7-11H2,1-3H3/t14-,16-/m0/s1. The van der Waals surface area contributed by atoms with Gasteiger partial charge in [0.25, 0.3) is 0 Å². The van der Waals surface area contributed by atoms with Gasteiger partial charge in [0.05, 0.1) is 0 Å². The minimum atomic E-state index is -0.0541. The van der Waals surface area contributed by atoms with E-state index >= 15 is 0 Å². The Morgan fingerprint density at radius 1 is 1.18 bits per heavy atom. The zero-order valence-corrected chi connectivity index (χ0v) is 13.7. The van der Waals surface area contributed by atoms with E-state index in [2.05, 4.69) is 36.9 Å². The Hall–Kier alpha value is -1.55. The molecule has 0 aromatic heterocycles. The number of hydrogen-bond acceptors (Lipinski definition) is 4. The van der Waals surface area contributed by atoms with E-state index in [0.717, 1.165) is 38.1 Å². The van der Waals surface area contributed by atoms with Crippen LogP contribution in [0.15, 0.2) is 18.2 Å². The number of aryl methyl sites for hydroxylation is 2. The predicted molar refractivity (Wildman–Crippen MR) is 85.1 cm³/mol. The number of carbonyl (C=O) groups excluding carboxylic acids is 1. The zero-order chi connectivity index (χ0) is 15.7. The summed E-state index contributed by atoms with van der Waals surface area (Å²) in [6.45, 7) is 7.96. The van der Waals surface area contributed by atoms with Crippen LogP contribution in [-0.4, -0.2) is 42.2 Å². The van der Waals surface area contributed by atoms with Crippen LogP contribution in [0.25, 0.3) is 0 Å². The molecule has 2 heterocycles. The van der Waals surface area contributed by atoms with Crippen LogP contribution in [0.5, 0.6) is 5.75 Å². The molecule has 0 spiro atoms. The average molecular weight is 303 g/mol. The van der Waals surface area contributed by atoms with Gasteiger partial charge in [-0.1, -0.05) is 18.2 Å². The molecule has 0 unspecified atom stereocenters. The number of esters is 1. The molecule has 3 rings (SSSR count). The first-order valence-corrected chi connectivity index (χ1v) is 8.22. The molecule has 0 saturated carbocycles. The summed E-state index contributed by atoms with van der Waals surface area (Å²) in [7, 11) is 0. The minimum Gasteiger partial charge on any atom is -0.490 e. The molecule has 2 fully saturated rings. The van der Waals surface area contributed by atoms with Crippen molar-refractivity contribution in [1.82, 2.24) is 4.90 Å². The highest BCUT2D eigenvalue weighted by atomic mass is 16.6. The Balaban J connectivity index is 1.57. The topological polar surface area (TPSA) is 38.8 Å². The lowest BCUT2D eigenvalue weighted by Gasteiger charge is -2.34. The molecule has 2 atom stereocenters. The Kier molecular flexibility index (Phi) is 4.39. The van der Waals surface area contributed by atoms with E-state index in [-0.39, 0.29) is 24.2 Å². The van der Waals surface area contributed by atoms with Gasteiger partial charge in [-0.3, -0.25) is 9.69 Å². The second-order valence-corrected chi connectivity index (χ2v) is 6.57. The number of carbonyl (C=O) groups is 1. The fourth-order valence-electron chi connectivity index (χ4n) is 3.49. The molecule has 22 heavy (non-hydrogen) atoms. The first kappa shape index (κ1) is 15.3. The quantitative estimate of drug-likeness (QED) is 0.805. The van der Waals surface area contributed by atoms with Gasteiger partial charge >= 0.3 is 5.97 Å². The van der Waals surface area contributed by atoms with Gasteiger partial charge in [0.15, 0.2) is 0 Å². The maximum atomic E-state index is 11.9. The number of likely N-dealkylation sites (tertiary alicyclic amines) is 1. The van der Waals surface area contributed by atoms with Gasteiger partial charge in [0.2, 0.25) is 0 Å². The van der Waals surface area contributed by atoms with Crippen molar-refractivity contribution in [3.63, 3.8) is 0 Å². The lowest BCUT2D eigenvalue weighted by atomic mass is 10.0. The van der Waals surface area contributed by atoms with E-state index in [4.69, 9.17) is 9.47 Å². The van der Waals surface area contributed by atoms with Crippen LogP contribution in [0.4, 0.5) is 0 Å². The molecule has 4 heteroatoms. The largest absolute Gasteiger partial charge is 0.490 e. The summed E-state index contributed by atoms with van der Waals surface area (Å²) >= 11 is 0. The highest BCUT2D eigenvalue weighted by molar-refractivity contribution is 5.78. The van der Waals surface area contributed by atoms with Gasteiger partial charge in [0, 0.05) is 19.5 Å². The molecule has 0 amide bonds. The molecular weight excluding hydrogens is 278 g/mol. The van der Waals surface area contributed by atoms with Gasteiger partial charge < -0.3 is 9.47 Å². The SMILES string of the molecule is Cc1cccc(C)c1OC1CCN([C@H]2C[C@H](C)OC2=O)CC1. The van der Waals surface area contributed by atoms with Crippen LogP contribution in [0.2, 0.25) is 0 Å². The number of para-hydroxylation sites is 1. The Morgan fingerprint density at radius 2 is 1.82 bits per heavy atom. The second kappa shape index (κ2) is 6.29. The molecule has 2 saturated heterocycles. The number of piperidine rings is 1.